The molecule has 7 heteroatoms. The first kappa shape index (κ1) is 19.4. The summed E-state index contributed by atoms with van der Waals surface area (Å²) in [5.41, 5.74) is 2.73. The van der Waals surface area contributed by atoms with Crippen LogP contribution in [0.5, 0.6) is 0 Å². The molecule has 1 aromatic heterocycles. The second-order valence-corrected chi connectivity index (χ2v) is 7.52. The average molecular weight is 384 g/mol. The molecule has 0 atom stereocenters. The highest BCUT2D eigenvalue weighted by atomic mass is 32.2. The number of rotatable bonds is 6. The molecule has 1 fully saturated rings. The van der Waals surface area contributed by atoms with Crippen LogP contribution in [0.2, 0.25) is 0 Å². The Morgan fingerprint density at radius 1 is 1.30 bits per heavy atom. The molecule has 6 nitrogen and oxygen atoms in total. The molecule has 2 aromatic rings. The normalized spacial score (nSPS) is 14.1. The van der Waals surface area contributed by atoms with Gasteiger partial charge < -0.3 is 15.5 Å². The number of nitrogens with one attached hydrogen (secondary N) is 2. The van der Waals surface area contributed by atoms with Crippen molar-refractivity contribution in [2.45, 2.75) is 30.1 Å². The number of hydrogen-bond donors (Lipinski definition) is 2. The summed E-state index contributed by atoms with van der Waals surface area (Å²) in [5.74, 6) is 0.740. The molecule has 1 aliphatic heterocycles. The Labute approximate surface area is 164 Å². The highest BCUT2D eigenvalue weighted by Crippen LogP contribution is 2.33. The summed E-state index contributed by atoms with van der Waals surface area (Å²) in [5, 5.41) is 6.23. The molecule has 27 heavy (non-hydrogen) atoms. The monoisotopic (exact) mass is 383 g/mol. The third-order valence-corrected chi connectivity index (χ3v) is 5.54. The topological polar surface area (TPSA) is 70.2 Å². The smallest absolute Gasteiger partial charge is 0.228 e. The number of amides is 1. The van der Waals surface area contributed by atoms with E-state index in [1.165, 1.54) is 0 Å². The molecule has 142 valence electrons. The Kier molecular flexibility index (Phi) is 6.47. The van der Waals surface area contributed by atoms with Crippen LogP contribution in [0.15, 0.2) is 46.7 Å². The van der Waals surface area contributed by atoms with Gasteiger partial charge in [0.25, 0.3) is 0 Å². The van der Waals surface area contributed by atoms with Crippen molar-refractivity contribution in [3.63, 3.8) is 0 Å². The summed E-state index contributed by atoms with van der Waals surface area (Å²) >= 11 is 1.62. The first-order chi connectivity index (χ1) is 13.1. The molecule has 0 saturated carbocycles. The van der Waals surface area contributed by atoms with E-state index in [1.807, 2.05) is 38.1 Å². The molecule has 2 heterocycles. The fraction of sp³-hybridized carbons (Fsp3) is 0.350. The van der Waals surface area contributed by atoms with Gasteiger partial charge in [-0.2, -0.15) is 0 Å². The van der Waals surface area contributed by atoms with Crippen LogP contribution in [0.25, 0.3) is 0 Å². The van der Waals surface area contributed by atoms with Gasteiger partial charge in [0.2, 0.25) is 11.9 Å². The van der Waals surface area contributed by atoms with Gasteiger partial charge in [-0.15, -0.1) is 6.58 Å². The van der Waals surface area contributed by atoms with Gasteiger partial charge in [-0.05, 0) is 32.0 Å². The van der Waals surface area contributed by atoms with Gasteiger partial charge >= 0.3 is 0 Å². The van der Waals surface area contributed by atoms with E-state index >= 15 is 0 Å². The Morgan fingerprint density at radius 3 is 2.67 bits per heavy atom. The van der Waals surface area contributed by atoms with E-state index in [0.717, 1.165) is 59.0 Å². The summed E-state index contributed by atoms with van der Waals surface area (Å²) < 4.78 is 0. The van der Waals surface area contributed by atoms with Crippen LogP contribution in [0.1, 0.15) is 17.8 Å². The van der Waals surface area contributed by atoms with Gasteiger partial charge in [0.15, 0.2) is 0 Å². The maximum Gasteiger partial charge on any atom is 0.228 e. The Balaban J connectivity index is 1.77. The molecule has 1 aromatic carbocycles. The summed E-state index contributed by atoms with van der Waals surface area (Å²) in [6.45, 7) is 11.4. The summed E-state index contributed by atoms with van der Waals surface area (Å²) in [4.78, 5) is 25.5. The first-order valence-corrected chi connectivity index (χ1v) is 9.88. The van der Waals surface area contributed by atoms with Crippen LogP contribution >= 0.6 is 11.8 Å². The van der Waals surface area contributed by atoms with Gasteiger partial charge in [-0.3, -0.25) is 4.79 Å². The third kappa shape index (κ3) is 5.08. The van der Waals surface area contributed by atoms with Crippen LogP contribution in [0.3, 0.4) is 0 Å². The Bertz CT molecular complexity index is 810. The minimum absolute atomic E-state index is 0.0665. The predicted octanol–water partition coefficient (Wildman–Crippen LogP) is 3.17. The van der Waals surface area contributed by atoms with Crippen LogP contribution in [-0.2, 0) is 4.79 Å². The molecule has 3 rings (SSSR count). The van der Waals surface area contributed by atoms with Crippen molar-refractivity contribution in [2.24, 2.45) is 0 Å². The lowest BCUT2D eigenvalue weighted by Gasteiger charge is -2.28. The minimum atomic E-state index is -0.0665. The van der Waals surface area contributed by atoms with E-state index in [4.69, 9.17) is 9.97 Å². The molecule has 0 unspecified atom stereocenters. The quantitative estimate of drug-likeness (QED) is 0.747. The maximum absolute atomic E-state index is 11.8. The number of aryl methyl sites for hydroxylation is 2. The average Bonchev–Trinajstić information content (AvgIpc) is 2.66. The maximum atomic E-state index is 11.8. The zero-order chi connectivity index (χ0) is 19.2. The Morgan fingerprint density at radius 2 is 2.00 bits per heavy atom. The second-order valence-electron chi connectivity index (χ2n) is 6.43. The number of aromatic nitrogens is 2. The standard InChI is InChI=1S/C20H25N5OS/c1-4-6-18(26)24-16-7-5-8-17(13-16)27-19-14(2)22-20(23-15(19)3)25-11-9-21-10-12-25/h4-5,7-8,13,21H,1,6,9-12H2,2-3H3,(H,24,26). The number of piperazine rings is 1. The molecule has 1 saturated heterocycles. The number of carbonyl (C=O) groups excluding carboxylic acids is 1. The summed E-state index contributed by atoms with van der Waals surface area (Å²) in [6, 6.07) is 7.81. The zero-order valence-corrected chi connectivity index (χ0v) is 16.6. The van der Waals surface area contributed by atoms with E-state index in [1.54, 1.807) is 17.8 Å². The predicted molar refractivity (Wildman–Crippen MR) is 111 cm³/mol. The minimum Gasteiger partial charge on any atom is -0.338 e. The largest absolute Gasteiger partial charge is 0.338 e. The molecule has 2 N–H and O–H groups in total. The van der Waals surface area contributed by atoms with Crippen molar-refractivity contribution >= 4 is 29.3 Å². The van der Waals surface area contributed by atoms with Crippen molar-refractivity contribution < 1.29 is 4.79 Å². The lowest BCUT2D eigenvalue weighted by atomic mass is 10.3. The molecule has 0 bridgehead atoms. The van der Waals surface area contributed by atoms with Crippen molar-refractivity contribution in [1.82, 2.24) is 15.3 Å². The van der Waals surface area contributed by atoms with Crippen molar-refractivity contribution in [2.75, 3.05) is 36.4 Å². The number of anilines is 2. The zero-order valence-electron chi connectivity index (χ0n) is 15.8. The second kappa shape index (κ2) is 9.01. The Hall–Kier alpha value is -2.38. The van der Waals surface area contributed by atoms with E-state index in [2.05, 4.69) is 22.1 Å². The van der Waals surface area contributed by atoms with E-state index in [9.17, 15) is 4.79 Å². The van der Waals surface area contributed by atoms with Gasteiger partial charge in [0, 0.05) is 43.2 Å². The van der Waals surface area contributed by atoms with Crippen LogP contribution in [0.4, 0.5) is 11.6 Å². The fourth-order valence-electron chi connectivity index (χ4n) is 2.94. The molecular formula is C20H25N5OS. The van der Waals surface area contributed by atoms with Crippen LogP contribution in [-0.4, -0.2) is 42.1 Å². The number of benzene rings is 1. The lowest BCUT2D eigenvalue weighted by Crippen LogP contribution is -2.44. The SMILES string of the molecule is C=CCC(=O)Nc1cccc(Sc2c(C)nc(N3CCNCC3)nc2C)c1. The summed E-state index contributed by atoms with van der Waals surface area (Å²) in [6.07, 6.45) is 1.90. The molecular weight excluding hydrogens is 358 g/mol. The molecule has 0 aliphatic carbocycles. The van der Waals surface area contributed by atoms with E-state index in [-0.39, 0.29) is 5.91 Å². The molecule has 1 amide bonds. The highest BCUT2D eigenvalue weighted by Gasteiger charge is 2.17. The molecule has 0 radical (unpaired) electrons. The van der Waals surface area contributed by atoms with Crippen molar-refractivity contribution in [3.05, 3.63) is 48.3 Å². The van der Waals surface area contributed by atoms with Crippen LogP contribution in [0, 0.1) is 13.8 Å². The number of nitrogens with zero attached hydrogens (tertiary/aromatic N) is 3. The van der Waals surface area contributed by atoms with Crippen molar-refractivity contribution in [3.8, 4) is 0 Å². The number of hydrogen-bond acceptors (Lipinski definition) is 6. The number of carbonyl (C=O) groups is 1. The third-order valence-electron chi connectivity index (χ3n) is 4.26. The first-order valence-electron chi connectivity index (χ1n) is 9.06. The van der Waals surface area contributed by atoms with Gasteiger partial charge in [-0.1, -0.05) is 23.9 Å². The molecule has 1 aliphatic rings. The van der Waals surface area contributed by atoms with E-state index in [0.29, 0.717) is 6.42 Å². The van der Waals surface area contributed by atoms with Gasteiger partial charge in [-0.25, -0.2) is 9.97 Å². The van der Waals surface area contributed by atoms with Crippen molar-refractivity contribution in [1.29, 1.82) is 0 Å². The highest BCUT2D eigenvalue weighted by molar-refractivity contribution is 7.99. The van der Waals surface area contributed by atoms with Crippen LogP contribution < -0.4 is 15.5 Å². The fourth-order valence-corrected chi connectivity index (χ4v) is 3.90. The van der Waals surface area contributed by atoms with E-state index < -0.39 is 0 Å². The summed E-state index contributed by atoms with van der Waals surface area (Å²) in [7, 11) is 0. The van der Waals surface area contributed by atoms with Gasteiger partial charge in [0.05, 0.1) is 16.3 Å². The molecule has 0 spiro atoms. The van der Waals surface area contributed by atoms with Gasteiger partial charge in [0.1, 0.15) is 0 Å². The lowest BCUT2D eigenvalue weighted by molar-refractivity contribution is -0.115.